The molecule has 0 aliphatic carbocycles. The Morgan fingerprint density at radius 2 is 2.14 bits per heavy atom. The van der Waals surface area contributed by atoms with Gasteiger partial charge in [0.2, 0.25) is 5.91 Å². The molecule has 0 bridgehead atoms. The van der Waals surface area contributed by atoms with Crippen molar-refractivity contribution >= 4 is 22.6 Å². The molecule has 3 rings (SSSR count). The Morgan fingerprint density at radius 3 is 2.95 bits per heavy atom. The van der Waals surface area contributed by atoms with E-state index >= 15 is 0 Å². The molecule has 0 aliphatic rings. The van der Waals surface area contributed by atoms with Crippen LogP contribution in [0.4, 0.5) is 10.1 Å². The van der Waals surface area contributed by atoms with Gasteiger partial charge in [-0.05, 0) is 37.3 Å². The van der Waals surface area contributed by atoms with Crippen LogP contribution in [0.15, 0.2) is 47.0 Å². The largest absolute Gasteiger partial charge is 0.356 e. The third-order valence-electron chi connectivity index (χ3n) is 3.14. The summed E-state index contributed by atoms with van der Waals surface area (Å²) in [4.78, 5) is 12.0. The summed E-state index contributed by atoms with van der Waals surface area (Å²) in [6.45, 7) is 1.96. The van der Waals surface area contributed by atoms with Gasteiger partial charge in [-0.2, -0.15) is 0 Å². The van der Waals surface area contributed by atoms with Gasteiger partial charge < -0.3 is 9.84 Å². The van der Waals surface area contributed by atoms with Gasteiger partial charge in [0.05, 0.1) is 6.42 Å². The minimum absolute atomic E-state index is 0.0764. The molecule has 0 radical (unpaired) electrons. The molecule has 0 saturated carbocycles. The van der Waals surface area contributed by atoms with E-state index in [0.29, 0.717) is 17.0 Å². The lowest BCUT2D eigenvalue weighted by Crippen LogP contribution is -2.14. The second kappa shape index (κ2) is 5.36. The number of hydrogen-bond donors (Lipinski definition) is 1. The first-order valence-corrected chi connectivity index (χ1v) is 6.52. The molecule has 0 spiro atoms. The zero-order chi connectivity index (χ0) is 14.8. The summed E-state index contributed by atoms with van der Waals surface area (Å²) in [5.41, 5.74) is 2.71. The van der Waals surface area contributed by atoms with Crippen LogP contribution in [0.3, 0.4) is 0 Å². The molecule has 0 saturated heterocycles. The summed E-state index contributed by atoms with van der Waals surface area (Å²) >= 11 is 0. The molecule has 1 N–H and O–H groups in total. The predicted molar refractivity (Wildman–Crippen MR) is 77.5 cm³/mol. The lowest BCUT2D eigenvalue weighted by atomic mass is 10.1. The fourth-order valence-electron chi connectivity index (χ4n) is 2.15. The molecule has 0 aliphatic heterocycles. The number of rotatable bonds is 3. The summed E-state index contributed by atoms with van der Waals surface area (Å²) in [5.74, 6) is -0.660. The molecular weight excluding hydrogens is 271 g/mol. The average Bonchev–Trinajstić information content (AvgIpc) is 2.81. The number of nitrogens with one attached hydrogen (secondary N) is 1. The number of carbonyl (C=O) groups excluding carboxylic acids is 1. The first kappa shape index (κ1) is 13.3. The molecule has 1 heterocycles. The normalized spacial score (nSPS) is 10.8. The van der Waals surface area contributed by atoms with Crippen LogP contribution in [0, 0.1) is 12.7 Å². The number of anilines is 1. The smallest absolute Gasteiger partial charge is 0.230 e. The lowest BCUT2D eigenvalue weighted by molar-refractivity contribution is -0.115. The van der Waals surface area contributed by atoms with Gasteiger partial charge >= 0.3 is 0 Å². The summed E-state index contributed by atoms with van der Waals surface area (Å²) in [7, 11) is 0. The van der Waals surface area contributed by atoms with Crippen molar-refractivity contribution in [1.82, 2.24) is 5.16 Å². The summed E-state index contributed by atoms with van der Waals surface area (Å²) in [6, 6.07) is 11.4. The van der Waals surface area contributed by atoms with E-state index in [1.165, 1.54) is 12.1 Å². The van der Waals surface area contributed by atoms with Gasteiger partial charge in [0.1, 0.15) is 11.5 Å². The molecule has 3 aromatic rings. The van der Waals surface area contributed by atoms with E-state index in [1.807, 2.05) is 25.1 Å². The zero-order valence-corrected chi connectivity index (χ0v) is 11.4. The van der Waals surface area contributed by atoms with Gasteiger partial charge in [-0.15, -0.1) is 0 Å². The SMILES string of the molecule is Cc1ccc2onc(CC(=O)Nc3cccc(F)c3)c2c1. The van der Waals surface area contributed by atoms with Crippen LogP contribution in [0.25, 0.3) is 11.0 Å². The molecule has 1 amide bonds. The topological polar surface area (TPSA) is 55.1 Å². The van der Waals surface area contributed by atoms with Gasteiger partial charge in [-0.25, -0.2) is 4.39 Å². The summed E-state index contributed by atoms with van der Waals surface area (Å²) in [5, 5.41) is 7.39. The Bertz CT molecular complexity index is 811. The average molecular weight is 284 g/mol. The molecule has 0 unspecified atom stereocenters. The number of carbonyl (C=O) groups is 1. The number of benzene rings is 2. The maximum Gasteiger partial charge on any atom is 0.230 e. The van der Waals surface area contributed by atoms with Crippen molar-refractivity contribution in [2.24, 2.45) is 0 Å². The van der Waals surface area contributed by atoms with Gasteiger partial charge in [0, 0.05) is 11.1 Å². The van der Waals surface area contributed by atoms with Crippen LogP contribution in [-0.4, -0.2) is 11.1 Å². The number of halogens is 1. The Kier molecular flexibility index (Phi) is 3.39. The van der Waals surface area contributed by atoms with Crippen LogP contribution in [0.5, 0.6) is 0 Å². The Labute approximate surface area is 120 Å². The van der Waals surface area contributed by atoms with Crippen LogP contribution < -0.4 is 5.32 Å². The van der Waals surface area contributed by atoms with Crippen molar-refractivity contribution in [1.29, 1.82) is 0 Å². The molecule has 1 aromatic heterocycles. The van der Waals surface area contributed by atoms with E-state index in [2.05, 4.69) is 10.5 Å². The van der Waals surface area contributed by atoms with Gasteiger partial charge in [-0.1, -0.05) is 22.9 Å². The maximum absolute atomic E-state index is 13.1. The van der Waals surface area contributed by atoms with Crippen molar-refractivity contribution in [2.75, 3.05) is 5.32 Å². The third kappa shape index (κ3) is 2.91. The molecule has 106 valence electrons. The standard InChI is InChI=1S/C16H13FN2O2/c1-10-5-6-15-13(7-10)14(19-21-15)9-16(20)18-12-4-2-3-11(17)8-12/h2-8H,9H2,1H3,(H,18,20). The number of aryl methyl sites for hydroxylation is 1. The van der Waals surface area contributed by atoms with Crippen molar-refractivity contribution in [3.8, 4) is 0 Å². The number of amides is 1. The van der Waals surface area contributed by atoms with E-state index in [1.54, 1.807) is 12.1 Å². The van der Waals surface area contributed by atoms with Crippen LogP contribution >= 0.6 is 0 Å². The van der Waals surface area contributed by atoms with Crippen molar-refractivity contribution in [3.05, 3.63) is 59.5 Å². The fourth-order valence-corrected chi connectivity index (χ4v) is 2.15. The molecular formula is C16H13FN2O2. The van der Waals surface area contributed by atoms with Crippen LogP contribution in [0.2, 0.25) is 0 Å². The number of hydrogen-bond acceptors (Lipinski definition) is 3. The van der Waals surface area contributed by atoms with Gasteiger partial charge in [0.15, 0.2) is 5.58 Å². The summed E-state index contributed by atoms with van der Waals surface area (Å²) in [6.07, 6.45) is 0.0764. The zero-order valence-electron chi connectivity index (χ0n) is 11.4. The monoisotopic (exact) mass is 284 g/mol. The Hall–Kier alpha value is -2.69. The summed E-state index contributed by atoms with van der Waals surface area (Å²) < 4.78 is 18.3. The second-order valence-electron chi connectivity index (χ2n) is 4.86. The van der Waals surface area contributed by atoms with E-state index in [4.69, 9.17) is 4.52 Å². The highest BCUT2D eigenvalue weighted by atomic mass is 19.1. The molecule has 5 heteroatoms. The number of aromatic nitrogens is 1. The van der Waals surface area contributed by atoms with Crippen molar-refractivity contribution < 1.29 is 13.7 Å². The fraction of sp³-hybridized carbons (Fsp3) is 0.125. The number of nitrogens with zero attached hydrogens (tertiary/aromatic N) is 1. The quantitative estimate of drug-likeness (QED) is 0.801. The van der Waals surface area contributed by atoms with E-state index < -0.39 is 5.82 Å². The Morgan fingerprint density at radius 1 is 1.29 bits per heavy atom. The molecule has 0 fully saturated rings. The minimum Gasteiger partial charge on any atom is -0.356 e. The first-order chi connectivity index (χ1) is 10.1. The first-order valence-electron chi connectivity index (χ1n) is 6.52. The van der Waals surface area contributed by atoms with Gasteiger partial charge in [0.25, 0.3) is 0 Å². The third-order valence-corrected chi connectivity index (χ3v) is 3.14. The van der Waals surface area contributed by atoms with E-state index in [0.717, 1.165) is 10.9 Å². The van der Waals surface area contributed by atoms with E-state index in [9.17, 15) is 9.18 Å². The minimum atomic E-state index is -0.393. The highest BCUT2D eigenvalue weighted by Crippen LogP contribution is 2.20. The van der Waals surface area contributed by atoms with Crippen LogP contribution in [0.1, 0.15) is 11.3 Å². The molecule has 4 nitrogen and oxygen atoms in total. The predicted octanol–water partition coefficient (Wildman–Crippen LogP) is 3.46. The highest BCUT2D eigenvalue weighted by Gasteiger charge is 2.13. The Balaban J connectivity index is 1.79. The second-order valence-corrected chi connectivity index (χ2v) is 4.86. The lowest BCUT2D eigenvalue weighted by Gasteiger charge is -2.03. The van der Waals surface area contributed by atoms with Crippen molar-refractivity contribution in [2.45, 2.75) is 13.3 Å². The maximum atomic E-state index is 13.1. The molecule has 0 atom stereocenters. The van der Waals surface area contributed by atoms with Crippen LogP contribution in [-0.2, 0) is 11.2 Å². The molecule has 2 aromatic carbocycles. The van der Waals surface area contributed by atoms with E-state index in [-0.39, 0.29) is 12.3 Å². The highest BCUT2D eigenvalue weighted by molar-refractivity contribution is 5.94. The number of fused-ring (bicyclic) bond motifs is 1. The van der Waals surface area contributed by atoms with Gasteiger partial charge in [-0.3, -0.25) is 4.79 Å². The molecule has 21 heavy (non-hydrogen) atoms. The van der Waals surface area contributed by atoms with Crippen molar-refractivity contribution in [3.63, 3.8) is 0 Å².